The number of amides is 7. The molecular weight excluding hydrogens is 1070 g/mol. The fourth-order valence-electron chi connectivity index (χ4n) is 8.30. The second kappa shape index (κ2) is 20.6. The van der Waals surface area contributed by atoms with E-state index in [1.54, 1.807) is 48.9 Å². The van der Waals surface area contributed by atoms with Gasteiger partial charge in [0, 0.05) is 56.6 Å². The van der Waals surface area contributed by atoms with E-state index in [1.165, 1.54) is 62.2 Å². The van der Waals surface area contributed by atoms with Gasteiger partial charge in [-0.15, -0.1) is 68.4 Å². The van der Waals surface area contributed by atoms with E-state index in [0.29, 0.717) is 64.6 Å². The number of phenols is 1. The highest BCUT2D eigenvalue weighted by Gasteiger charge is 2.45. The van der Waals surface area contributed by atoms with Crippen molar-refractivity contribution in [3.63, 3.8) is 0 Å². The third-order valence-corrected chi connectivity index (χ3v) is 17.7. The van der Waals surface area contributed by atoms with Crippen molar-refractivity contribution in [2.45, 2.75) is 57.0 Å². The number of primary amides is 2. The number of imide groups is 1. The maximum absolute atomic E-state index is 14.8. The number of aromatic nitrogens is 6. The molecule has 10 rings (SSSR count). The summed E-state index contributed by atoms with van der Waals surface area (Å²) in [6.45, 7) is 3.28. The number of aliphatic hydroxyl groups is 1. The number of nitrogens with zero attached hydrogens (tertiary/aromatic N) is 8. The Balaban J connectivity index is 1.06. The normalized spacial score (nSPS) is 21.4. The van der Waals surface area contributed by atoms with Crippen LogP contribution in [0, 0.1) is 12.8 Å². The largest absolute Gasteiger partial charge is 0.508 e. The van der Waals surface area contributed by atoms with E-state index in [1.807, 2.05) is 0 Å². The quantitative estimate of drug-likeness (QED) is 0.116. The third kappa shape index (κ3) is 10.2. The molecular formula is C46H39N13O9S6. The van der Waals surface area contributed by atoms with Crippen molar-refractivity contribution in [1.29, 1.82) is 0 Å². The topological polar surface area (TPSA) is 341 Å². The lowest BCUT2D eigenvalue weighted by molar-refractivity contribution is -0.134. The number of hydrogen-bond donors (Lipinski definition) is 7. The molecule has 0 spiro atoms. The molecule has 1 aromatic carbocycles. The number of rotatable bonds is 6. The van der Waals surface area contributed by atoms with Gasteiger partial charge in [-0.1, -0.05) is 19.1 Å². The van der Waals surface area contributed by atoms with Gasteiger partial charge in [-0.05, 0) is 36.8 Å². The maximum atomic E-state index is 14.8. The summed E-state index contributed by atoms with van der Waals surface area (Å²) in [7, 11) is 0. The molecule has 28 heteroatoms. The van der Waals surface area contributed by atoms with E-state index >= 15 is 0 Å². The average Bonchev–Trinajstić information content (AvgIpc) is 4.24. The number of thioether (sulfide) groups is 1. The van der Waals surface area contributed by atoms with E-state index < -0.39 is 84.0 Å². The Hall–Kier alpha value is -7.21. The molecule has 0 radical (unpaired) electrons. The first-order valence-electron chi connectivity index (χ1n) is 22.3. The minimum absolute atomic E-state index is 0.00658. The van der Waals surface area contributed by atoms with E-state index in [-0.39, 0.29) is 45.8 Å². The monoisotopic (exact) mass is 1110 g/mol. The first kappa shape index (κ1) is 50.3. The summed E-state index contributed by atoms with van der Waals surface area (Å²) in [4.78, 5) is 129. The van der Waals surface area contributed by atoms with Crippen LogP contribution >= 0.6 is 68.4 Å². The van der Waals surface area contributed by atoms with Crippen molar-refractivity contribution in [1.82, 2.24) is 50.8 Å². The molecule has 0 saturated carbocycles. The smallest absolute Gasteiger partial charge is 0.287 e. The molecule has 22 nitrogen and oxygen atoms in total. The van der Waals surface area contributed by atoms with Crippen molar-refractivity contribution in [3.8, 4) is 38.4 Å². The minimum atomic E-state index is -1.24. The van der Waals surface area contributed by atoms with Gasteiger partial charge in [0.1, 0.15) is 77.1 Å². The van der Waals surface area contributed by atoms with E-state index in [0.717, 1.165) is 34.0 Å². The van der Waals surface area contributed by atoms with Crippen LogP contribution in [0.1, 0.15) is 92.8 Å². The highest BCUT2D eigenvalue weighted by Crippen LogP contribution is 2.42. The fraction of sp³-hybridized carbons (Fsp3) is 0.261. The molecule has 378 valence electrons. The van der Waals surface area contributed by atoms with Gasteiger partial charge < -0.3 is 37.2 Å². The van der Waals surface area contributed by atoms with Gasteiger partial charge in [-0.3, -0.25) is 43.9 Å². The van der Waals surface area contributed by atoms with Gasteiger partial charge in [0.2, 0.25) is 17.7 Å². The van der Waals surface area contributed by atoms with Gasteiger partial charge in [0.25, 0.3) is 23.6 Å². The average molecular weight is 1110 g/mol. The molecule has 1 unspecified atom stereocenters. The van der Waals surface area contributed by atoms with E-state index in [4.69, 9.17) is 26.4 Å². The fourth-order valence-corrected chi connectivity index (χ4v) is 13.7. The zero-order chi connectivity index (χ0) is 52.1. The Kier molecular flexibility index (Phi) is 14.0. The predicted octanol–water partition coefficient (Wildman–Crippen LogP) is 3.88. The van der Waals surface area contributed by atoms with Crippen LogP contribution in [0.2, 0.25) is 0 Å². The number of aliphatic imine (C=N–C) groups is 1. The number of nitrogens with two attached hydrogens (primary N) is 2. The Morgan fingerprint density at radius 1 is 0.716 bits per heavy atom. The highest BCUT2D eigenvalue weighted by atomic mass is 32.2. The summed E-state index contributed by atoms with van der Waals surface area (Å²) in [5.74, 6) is -5.43. The molecule has 6 atom stereocenters. The number of pyridine rings is 1. The molecule has 7 amide bonds. The number of carbonyl (C=O) groups is 7. The summed E-state index contributed by atoms with van der Waals surface area (Å²) in [5.41, 5.74) is 13.6. The number of aromatic hydroxyl groups is 1. The summed E-state index contributed by atoms with van der Waals surface area (Å²) >= 11 is 6.78. The number of aryl methyl sites for hydroxylation is 1. The van der Waals surface area contributed by atoms with Crippen LogP contribution in [-0.4, -0.2) is 122 Å². The van der Waals surface area contributed by atoms with Gasteiger partial charge in [-0.2, -0.15) is 0 Å². The first-order valence-corrected chi connectivity index (χ1v) is 27.6. The van der Waals surface area contributed by atoms with E-state index in [2.05, 4.69) is 35.9 Å². The molecule has 1 saturated heterocycles. The number of phenolic OH excluding ortho intramolecular Hbond substituents is 1. The summed E-state index contributed by atoms with van der Waals surface area (Å²) in [5, 5.41) is 37.2. The SMILES string of the molecule is Cc1sc2nc1C(=O)NC(=O)c1nc(cs1)C(=O)N[C@@H](Cc1ccc(O)cc1)C(=O)N1C[C@H](O)[C@H](C)[C@H]1c1nc(cs1)-c1nc(cs1)-c1nc(C3=NC(C(N)=O)CS3)ccc1-c1nc(cs1)C(=O)N[C@H]2CC(N)=O. The number of benzene rings is 1. The van der Waals surface area contributed by atoms with Crippen LogP contribution in [0.5, 0.6) is 5.75 Å². The lowest BCUT2D eigenvalue weighted by Crippen LogP contribution is -2.50. The molecule has 6 aromatic heterocycles. The van der Waals surface area contributed by atoms with Gasteiger partial charge >= 0.3 is 0 Å². The first-order chi connectivity index (χ1) is 35.5. The second-order valence-electron chi connectivity index (χ2n) is 17.1. The van der Waals surface area contributed by atoms with Crippen molar-refractivity contribution in [2.24, 2.45) is 22.4 Å². The summed E-state index contributed by atoms with van der Waals surface area (Å²) < 4.78 is 0. The molecule has 7 aromatic rings. The predicted molar refractivity (Wildman–Crippen MR) is 277 cm³/mol. The zero-order valence-corrected chi connectivity index (χ0v) is 43.4. The van der Waals surface area contributed by atoms with Crippen molar-refractivity contribution in [2.75, 3.05) is 12.3 Å². The number of aliphatic hydroxyl groups excluding tert-OH is 1. The number of carbonyl (C=O) groups excluding carboxylic acids is 7. The van der Waals surface area contributed by atoms with Crippen molar-refractivity contribution in [3.05, 3.63) is 106 Å². The lowest BCUT2D eigenvalue weighted by Gasteiger charge is -2.29. The summed E-state index contributed by atoms with van der Waals surface area (Å²) in [6, 6.07) is 5.77. The Labute approximate surface area is 442 Å². The molecule has 10 bridgehead atoms. The maximum Gasteiger partial charge on any atom is 0.287 e. The number of fused-ring (bicyclic) bond motifs is 16. The standard InChI is InChI=1S/C46H39N13O9S6/c1-17-30(61)11-59-34(17)44-56-29(16-72-44)42-52-25(12-70-42)33-21(7-8-22(49-33)41-53-26(13-71-41)35(48)63)40-54-27(14-69-40)36(64)50-23(10-31(47)62)43-57-32(18(2)74-43)38(66)58-39(67)45-55-28(15-73-45)37(65)51-24(46(59)68)9-19-3-5-20(60)6-4-19/h3-8,12,14-17,23-24,26,30,34,60-61H,9-11,13H2,1-2H3,(H2,47,62)(H2,48,63)(H,50,64)(H,51,65)(H,58,66,67)/t17-,23-,24-,26?,30-,34-/m0/s1. The Morgan fingerprint density at radius 2 is 1.38 bits per heavy atom. The second-order valence-corrected chi connectivity index (χ2v) is 22.8. The highest BCUT2D eigenvalue weighted by molar-refractivity contribution is 8.14. The number of thiazole rings is 5. The molecule has 9 heterocycles. The van der Waals surface area contributed by atoms with E-state index in [9.17, 15) is 43.8 Å². The van der Waals surface area contributed by atoms with Crippen molar-refractivity contribution >= 4 is 115 Å². The molecule has 3 aliphatic rings. The zero-order valence-electron chi connectivity index (χ0n) is 38.5. The third-order valence-electron chi connectivity index (χ3n) is 12.1. The van der Waals surface area contributed by atoms with Crippen molar-refractivity contribution < 1.29 is 43.8 Å². The van der Waals surface area contributed by atoms with Crippen LogP contribution in [0.15, 0.2) is 62.9 Å². The van der Waals surface area contributed by atoms with Crippen LogP contribution in [0.25, 0.3) is 32.7 Å². The molecule has 9 N–H and O–H groups in total. The molecule has 0 aliphatic carbocycles. The molecule has 3 aliphatic heterocycles. The molecule has 1 fully saturated rings. The van der Waals surface area contributed by atoms with Gasteiger partial charge in [-0.25, -0.2) is 29.9 Å². The summed E-state index contributed by atoms with van der Waals surface area (Å²) in [6.07, 6.45) is -1.40. The Morgan fingerprint density at radius 3 is 2.09 bits per heavy atom. The number of nitrogens with one attached hydrogen (secondary N) is 3. The molecule has 74 heavy (non-hydrogen) atoms. The van der Waals surface area contributed by atoms with Crippen LogP contribution < -0.4 is 27.4 Å². The van der Waals surface area contributed by atoms with Crippen LogP contribution in [-0.2, 0) is 20.8 Å². The van der Waals surface area contributed by atoms with Crippen LogP contribution in [0.4, 0.5) is 0 Å². The lowest BCUT2D eigenvalue weighted by atomic mass is 10.0. The van der Waals surface area contributed by atoms with Gasteiger partial charge in [0.15, 0.2) is 5.01 Å². The van der Waals surface area contributed by atoms with Gasteiger partial charge in [0.05, 0.1) is 30.3 Å². The van der Waals surface area contributed by atoms with Crippen LogP contribution in [0.3, 0.4) is 0 Å². The number of hydrogen-bond acceptors (Lipinski definition) is 22. The Bertz CT molecular complexity index is 3460. The minimum Gasteiger partial charge on any atom is -0.508 e.